The van der Waals surface area contributed by atoms with Gasteiger partial charge in [-0.15, -0.1) is 0 Å². The zero-order chi connectivity index (χ0) is 20.6. The van der Waals surface area contributed by atoms with Crippen molar-refractivity contribution in [1.82, 2.24) is 5.43 Å². The van der Waals surface area contributed by atoms with Crippen molar-refractivity contribution in [3.8, 4) is 17.6 Å². The van der Waals surface area contributed by atoms with Crippen molar-refractivity contribution in [2.75, 3.05) is 7.11 Å². The van der Waals surface area contributed by atoms with Crippen LogP contribution in [-0.2, 0) is 11.4 Å². The Bertz CT molecular complexity index is 1100. The fourth-order valence-electron chi connectivity index (χ4n) is 2.81. The van der Waals surface area contributed by atoms with Crippen LogP contribution in [0.3, 0.4) is 0 Å². The van der Waals surface area contributed by atoms with Crippen LogP contribution in [-0.4, -0.2) is 19.2 Å². The minimum atomic E-state index is -0.468. The number of halogens is 1. The molecule has 0 radical (unpaired) electrons. The molecule has 0 aromatic heterocycles. The number of amides is 1. The number of hydrazone groups is 1. The van der Waals surface area contributed by atoms with Crippen molar-refractivity contribution >= 4 is 38.8 Å². The number of nitrogens with zero attached hydrogens (tertiary/aromatic N) is 2. The Hall–Kier alpha value is -3.37. The number of carbonyl (C=O) groups excluding carboxylic acids is 1. The number of hydrogen-bond donors (Lipinski definition) is 1. The smallest absolute Gasteiger partial charge is 0.254 e. The molecule has 0 unspecified atom stereocenters. The third kappa shape index (κ3) is 5.12. The van der Waals surface area contributed by atoms with Crippen LogP contribution in [0.2, 0.25) is 0 Å². The van der Waals surface area contributed by atoms with E-state index in [-0.39, 0.29) is 6.42 Å². The van der Waals surface area contributed by atoms with E-state index in [1.165, 1.54) is 6.21 Å². The lowest BCUT2D eigenvalue weighted by atomic mass is 10.1. The predicted octanol–water partition coefficient (Wildman–Crippen LogP) is 4.55. The molecule has 7 heteroatoms. The third-order valence-electron chi connectivity index (χ3n) is 4.15. The second kappa shape index (κ2) is 9.71. The quantitative estimate of drug-likeness (QED) is 0.421. The first-order valence-corrected chi connectivity index (χ1v) is 9.57. The van der Waals surface area contributed by atoms with E-state index < -0.39 is 5.91 Å². The zero-order valence-electron chi connectivity index (χ0n) is 15.7. The van der Waals surface area contributed by atoms with E-state index in [9.17, 15) is 4.79 Å². The van der Waals surface area contributed by atoms with Crippen LogP contribution in [0.1, 0.15) is 17.5 Å². The Morgan fingerprint density at radius 2 is 2.03 bits per heavy atom. The van der Waals surface area contributed by atoms with Crippen molar-refractivity contribution in [2.24, 2.45) is 5.10 Å². The van der Waals surface area contributed by atoms with Gasteiger partial charge < -0.3 is 9.47 Å². The number of ether oxygens (including phenoxy) is 2. The zero-order valence-corrected chi connectivity index (χ0v) is 17.3. The number of carbonyl (C=O) groups is 1. The van der Waals surface area contributed by atoms with Gasteiger partial charge in [0.05, 0.1) is 23.9 Å². The number of nitriles is 1. The van der Waals surface area contributed by atoms with E-state index in [2.05, 4.69) is 44.7 Å². The summed E-state index contributed by atoms with van der Waals surface area (Å²) in [5.74, 6) is 0.639. The van der Waals surface area contributed by atoms with Gasteiger partial charge in [-0.1, -0.05) is 42.5 Å². The van der Waals surface area contributed by atoms with Gasteiger partial charge in [0.15, 0.2) is 11.5 Å². The van der Waals surface area contributed by atoms with E-state index in [4.69, 9.17) is 14.7 Å². The Morgan fingerprint density at radius 1 is 1.24 bits per heavy atom. The Labute approximate surface area is 176 Å². The topological polar surface area (TPSA) is 83.7 Å². The number of benzene rings is 3. The standard InChI is InChI=1S/C22H18BrN3O3/c1-28-20-12-15(13-25-26-21(27)9-10-24)11-19(23)22(20)29-14-17-7-4-6-16-5-2-3-8-18(16)17/h2-8,11-13H,9,14H2,1H3,(H,26,27)/b25-13+. The highest BCUT2D eigenvalue weighted by Gasteiger charge is 2.12. The van der Waals surface area contributed by atoms with Crippen molar-refractivity contribution in [1.29, 1.82) is 5.26 Å². The fraction of sp³-hybridized carbons (Fsp3) is 0.136. The van der Waals surface area contributed by atoms with Crippen molar-refractivity contribution < 1.29 is 14.3 Å². The van der Waals surface area contributed by atoms with Crippen molar-refractivity contribution in [2.45, 2.75) is 13.0 Å². The van der Waals surface area contributed by atoms with Crippen LogP contribution in [0, 0.1) is 11.3 Å². The van der Waals surface area contributed by atoms with Crippen LogP contribution < -0.4 is 14.9 Å². The van der Waals surface area contributed by atoms with Gasteiger partial charge in [0.2, 0.25) is 0 Å². The maximum atomic E-state index is 11.3. The number of hydrogen-bond acceptors (Lipinski definition) is 5. The summed E-state index contributed by atoms with van der Waals surface area (Å²) in [5.41, 5.74) is 4.06. The summed E-state index contributed by atoms with van der Waals surface area (Å²) in [7, 11) is 1.56. The van der Waals surface area contributed by atoms with Crippen molar-refractivity contribution in [3.05, 3.63) is 70.2 Å². The van der Waals surface area contributed by atoms with Crippen LogP contribution in [0.5, 0.6) is 11.5 Å². The molecule has 3 aromatic rings. The summed E-state index contributed by atoms with van der Waals surface area (Å²) in [5, 5.41) is 14.6. The SMILES string of the molecule is COc1cc(/C=N/NC(=O)CC#N)cc(Br)c1OCc1cccc2ccccc12. The summed E-state index contributed by atoms with van der Waals surface area (Å²) < 4.78 is 12.2. The van der Waals surface area contributed by atoms with E-state index in [1.807, 2.05) is 24.3 Å². The summed E-state index contributed by atoms with van der Waals surface area (Å²) in [4.78, 5) is 11.3. The van der Waals surface area contributed by atoms with Gasteiger partial charge in [0, 0.05) is 0 Å². The molecule has 0 bridgehead atoms. The fourth-order valence-corrected chi connectivity index (χ4v) is 3.39. The predicted molar refractivity (Wildman–Crippen MR) is 115 cm³/mol. The lowest BCUT2D eigenvalue weighted by molar-refractivity contribution is -0.120. The van der Waals surface area contributed by atoms with Gasteiger partial charge in [0.25, 0.3) is 5.91 Å². The molecule has 146 valence electrons. The lowest BCUT2D eigenvalue weighted by Crippen LogP contribution is -2.16. The summed E-state index contributed by atoms with van der Waals surface area (Å²) in [6.07, 6.45) is 1.22. The van der Waals surface area contributed by atoms with Gasteiger partial charge in [-0.2, -0.15) is 10.4 Å². The van der Waals surface area contributed by atoms with E-state index >= 15 is 0 Å². The number of rotatable bonds is 7. The summed E-state index contributed by atoms with van der Waals surface area (Å²) in [6.45, 7) is 0.383. The van der Waals surface area contributed by atoms with Gasteiger partial charge in [0.1, 0.15) is 13.0 Å². The van der Waals surface area contributed by atoms with Crippen LogP contribution in [0.25, 0.3) is 10.8 Å². The third-order valence-corrected chi connectivity index (χ3v) is 4.74. The number of nitrogens with one attached hydrogen (secondary N) is 1. The first kappa shape index (κ1) is 20.4. The molecular weight excluding hydrogens is 434 g/mol. The molecule has 0 saturated heterocycles. The first-order chi connectivity index (χ1) is 14.1. The number of methoxy groups -OCH3 is 1. The normalized spacial score (nSPS) is 10.7. The highest BCUT2D eigenvalue weighted by molar-refractivity contribution is 9.10. The van der Waals surface area contributed by atoms with Gasteiger partial charge in [-0.25, -0.2) is 5.43 Å². The monoisotopic (exact) mass is 451 g/mol. The van der Waals surface area contributed by atoms with E-state index in [0.717, 1.165) is 16.3 Å². The average molecular weight is 452 g/mol. The Morgan fingerprint density at radius 3 is 2.83 bits per heavy atom. The molecule has 0 heterocycles. The molecule has 0 aliphatic rings. The van der Waals surface area contributed by atoms with Gasteiger partial charge >= 0.3 is 0 Å². The van der Waals surface area contributed by atoms with E-state index in [1.54, 1.807) is 25.3 Å². The summed E-state index contributed by atoms with van der Waals surface area (Å²) >= 11 is 3.51. The maximum Gasteiger partial charge on any atom is 0.254 e. The molecule has 0 aliphatic heterocycles. The van der Waals surface area contributed by atoms with Crippen LogP contribution >= 0.6 is 15.9 Å². The first-order valence-electron chi connectivity index (χ1n) is 8.78. The molecule has 0 atom stereocenters. The van der Waals surface area contributed by atoms with E-state index in [0.29, 0.717) is 28.1 Å². The highest BCUT2D eigenvalue weighted by atomic mass is 79.9. The molecule has 29 heavy (non-hydrogen) atoms. The van der Waals surface area contributed by atoms with Crippen LogP contribution in [0.4, 0.5) is 0 Å². The summed E-state index contributed by atoms with van der Waals surface area (Å²) in [6, 6.07) is 19.6. The van der Waals surface area contributed by atoms with Crippen molar-refractivity contribution in [3.63, 3.8) is 0 Å². The Kier molecular flexibility index (Phi) is 6.82. The molecule has 0 fully saturated rings. The molecular formula is C22H18BrN3O3. The second-order valence-corrected chi connectivity index (χ2v) is 6.94. The van der Waals surface area contributed by atoms with Gasteiger partial charge in [-0.05, 0) is 50.0 Å². The molecule has 6 nitrogen and oxygen atoms in total. The highest BCUT2D eigenvalue weighted by Crippen LogP contribution is 2.37. The Balaban J connectivity index is 1.78. The minimum absolute atomic E-state index is 0.245. The average Bonchev–Trinajstić information content (AvgIpc) is 2.73. The number of fused-ring (bicyclic) bond motifs is 1. The maximum absolute atomic E-state index is 11.3. The van der Waals surface area contributed by atoms with Crippen LogP contribution in [0.15, 0.2) is 64.2 Å². The minimum Gasteiger partial charge on any atom is -0.493 e. The molecule has 3 rings (SSSR count). The second-order valence-electron chi connectivity index (χ2n) is 6.09. The molecule has 0 spiro atoms. The lowest BCUT2D eigenvalue weighted by Gasteiger charge is -2.14. The molecule has 3 aromatic carbocycles. The molecule has 1 N–H and O–H groups in total. The molecule has 0 saturated carbocycles. The van der Waals surface area contributed by atoms with Gasteiger partial charge in [-0.3, -0.25) is 4.79 Å². The molecule has 1 amide bonds. The molecule has 0 aliphatic carbocycles. The largest absolute Gasteiger partial charge is 0.493 e.